The number of nitrogens with two attached hydrogens (primary N) is 1. The predicted octanol–water partition coefficient (Wildman–Crippen LogP) is -0.0987. The fourth-order valence-electron chi connectivity index (χ4n) is 1.74. The number of aromatic nitrogens is 2. The highest BCUT2D eigenvalue weighted by atomic mass is 16.3. The molecule has 70 valence electrons. The molecule has 0 spiro atoms. The Morgan fingerprint density at radius 1 is 1.69 bits per heavy atom. The first-order valence-corrected chi connectivity index (χ1v) is 4.39. The third-order valence-electron chi connectivity index (χ3n) is 2.87. The van der Waals surface area contributed by atoms with Crippen molar-refractivity contribution < 1.29 is 5.11 Å². The SMILES string of the molecule is NCC1(CO)CC1c1ccncn1. The lowest BCUT2D eigenvalue weighted by atomic mass is 10.0. The Morgan fingerprint density at radius 3 is 3.00 bits per heavy atom. The summed E-state index contributed by atoms with van der Waals surface area (Å²) in [5.41, 5.74) is 6.50. The van der Waals surface area contributed by atoms with Crippen LogP contribution in [0.25, 0.3) is 0 Å². The molecule has 2 unspecified atom stereocenters. The van der Waals surface area contributed by atoms with Crippen LogP contribution >= 0.6 is 0 Å². The summed E-state index contributed by atoms with van der Waals surface area (Å²) in [6, 6.07) is 1.89. The van der Waals surface area contributed by atoms with Gasteiger partial charge < -0.3 is 10.8 Å². The van der Waals surface area contributed by atoms with Crippen LogP contribution in [-0.2, 0) is 0 Å². The molecule has 1 heterocycles. The maximum absolute atomic E-state index is 9.16. The van der Waals surface area contributed by atoms with Crippen molar-refractivity contribution in [1.29, 1.82) is 0 Å². The van der Waals surface area contributed by atoms with Gasteiger partial charge in [0.1, 0.15) is 6.33 Å². The van der Waals surface area contributed by atoms with Gasteiger partial charge in [0.2, 0.25) is 0 Å². The zero-order valence-corrected chi connectivity index (χ0v) is 7.35. The quantitative estimate of drug-likeness (QED) is 0.679. The average molecular weight is 179 g/mol. The van der Waals surface area contributed by atoms with E-state index in [0.29, 0.717) is 12.5 Å². The minimum absolute atomic E-state index is 0.103. The molecule has 3 N–H and O–H groups in total. The van der Waals surface area contributed by atoms with E-state index in [9.17, 15) is 0 Å². The molecular formula is C9H13N3O. The first-order valence-electron chi connectivity index (χ1n) is 4.39. The first-order chi connectivity index (χ1) is 6.32. The van der Waals surface area contributed by atoms with Gasteiger partial charge in [-0.2, -0.15) is 0 Å². The number of aliphatic hydroxyl groups is 1. The van der Waals surface area contributed by atoms with Crippen LogP contribution in [0.2, 0.25) is 0 Å². The van der Waals surface area contributed by atoms with E-state index >= 15 is 0 Å². The zero-order chi connectivity index (χ0) is 9.31. The van der Waals surface area contributed by atoms with Crippen LogP contribution in [-0.4, -0.2) is 28.2 Å². The van der Waals surface area contributed by atoms with Gasteiger partial charge in [-0.15, -0.1) is 0 Å². The van der Waals surface area contributed by atoms with Gasteiger partial charge in [-0.25, -0.2) is 9.97 Å². The lowest BCUT2D eigenvalue weighted by Gasteiger charge is -2.09. The Hall–Kier alpha value is -1.00. The van der Waals surface area contributed by atoms with Gasteiger partial charge in [0.05, 0.1) is 6.61 Å². The summed E-state index contributed by atoms with van der Waals surface area (Å²) in [5, 5.41) is 9.16. The number of nitrogens with zero attached hydrogens (tertiary/aromatic N) is 2. The second-order valence-corrected chi connectivity index (χ2v) is 3.62. The maximum Gasteiger partial charge on any atom is 0.115 e. The van der Waals surface area contributed by atoms with Gasteiger partial charge in [-0.1, -0.05) is 0 Å². The van der Waals surface area contributed by atoms with E-state index < -0.39 is 0 Å². The lowest BCUT2D eigenvalue weighted by molar-refractivity contribution is 0.211. The number of aliphatic hydroxyl groups excluding tert-OH is 1. The molecule has 1 aliphatic carbocycles. The smallest absolute Gasteiger partial charge is 0.115 e. The van der Waals surface area contributed by atoms with E-state index in [1.165, 1.54) is 6.33 Å². The van der Waals surface area contributed by atoms with E-state index in [0.717, 1.165) is 12.1 Å². The second kappa shape index (κ2) is 3.05. The monoisotopic (exact) mass is 179 g/mol. The summed E-state index contributed by atoms with van der Waals surface area (Å²) in [4.78, 5) is 8.00. The lowest BCUT2D eigenvalue weighted by Crippen LogP contribution is -2.21. The fourth-order valence-corrected chi connectivity index (χ4v) is 1.74. The molecule has 2 rings (SSSR count). The third-order valence-corrected chi connectivity index (χ3v) is 2.87. The molecule has 1 saturated carbocycles. The molecule has 4 nitrogen and oxygen atoms in total. The molecule has 0 radical (unpaired) electrons. The Bertz CT molecular complexity index is 284. The van der Waals surface area contributed by atoms with Crippen LogP contribution in [0.4, 0.5) is 0 Å². The van der Waals surface area contributed by atoms with Crippen molar-refractivity contribution in [3.8, 4) is 0 Å². The largest absolute Gasteiger partial charge is 0.396 e. The van der Waals surface area contributed by atoms with E-state index in [2.05, 4.69) is 9.97 Å². The zero-order valence-electron chi connectivity index (χ0n) is 7.35. The van der Waals surface area contributed by atoms with Crippen molar-refractivity contribution >= 4 is 0 Å². The molecule has 1 aliphatic rings. The van der Waals surface area contributed by atoms with Crippen molar-refractivity contribution in [3.05, 3.63) is 24.3 Å². The molecule has 2 atom stereocenters. The van der Waals surface area contributed by atoms with E-state index in [-0.39, 0.29) is 12.0 Å². The first kappa shape index (κ1) is 8.59. The van der Waals surface area contributed by atoms with Crippen LogP contribution in [0.5, 0.6) is 0 Å². The highest BCUT2D eigenvalue weighted by Crippen LogP contribution is 2.57. The van der Waals surface area contributed by atoms with Crippen molar-refractivity contribution in [1.82, 2.24) is 9.97 Å². The van der Waals surface area contributed by atoms with Crippen LogP contribution in [0.3, 0.4) is 0 Å². The average Bonchev–Trinajstić information content (AvgIpc) is 2.95. The summed E-state index contributed by atoms with van der Waals surface area (Å²) in [7, 11) is 0. The second-order valence-electron chi connectivity index (χ2n) is 3.62. The van der Waals surface area contributed by atoms with E-state index in [1.807, 2.05) is 6.07 Å². The Balaban J connectivity index is 2.15. The van der Waals surface area contributed by atoms with Gasteiger partial charge in [-0.05, 0) is 12.5 Å². The summed E-state index contributed by atoms with van der Waals surface area (Å²) >= 11 is 0. The Kier molecular flexibility index (Phi) is 2.01. The summed E-state index contributed by atoms with van der Waals surface area (Å²) in [5.74, 6) is 0.325. The number of rotatable bonds is 3. The van der Waals surface area contributed by atoms with Crippen LogP contribution in [0, 0.1) is 5.41 Å². The minimum atomic E-state index is -0.103. The molecule has 0 saturated heterocycles. The topological polar surface area (TPSA) is 72.0 Å². The third kappa shape index (κ3) is 1.32. The summed E-state index contributed by atoms with van der Waals surface area (Å²) < 4.78 is 0. The Morgan fingerprint density at radius 2 is 2.54 bits per heavy atom. The van der Waals surface area contributed by atoms with Crippen molar-refractivity contribution in [2.75, 3.05) is 13.2 Å². The van der Waals surface area contributed by atoms with E-state index in [1.54, 1.807) is 6.20 Å². The standard InChI is InChI=1S/C9H13N3O/c10-4-9(5-13)3-7(9)8-1-2-11-6-12-8/h1-2,6-7,13H,3-5,10H2. The van der Waals surface area contributed by atoms with Crippen LogP contribution in [0.15, 0.2) is 18.6 Å². The number of hydrogen-bond acceptors (Lipinski definition) is 4. The molecule has 1 fully saturated rings. The van der Waals surface area contributed by atoms with Gasteiger partial charge in [-0.3, -0.25) is 0 Å². The number of hydrogen-bond donors (Lipinski definition) is 2. The molecular weight excluding hydrogens is 166 g/mol. The molecule has 0 amide bonds. The van der Waals surface area contributed by atoms with Gasteiger partial charge in [0.25, 0.3) is 0 Å². The predicted molar refractivity (Wildman–Crippen MR) is 48.0 cm³/mol. The van der Waals surface area contributed by atoms with Gasteiger partial charge in [0.15, 0.2) is 0 Å². The highest BCUT2D eigenvalue weighted by molar-refractivity contribution is 5.23. The molecule has 1 aromatic heterocycles. The van der Waals surface area contributed by atoms with Gasteiger partial charge >= 0.3 is 0 Å². The maximum atomic E-state index is 9.16. The molecule has 0 bridgehead atoms. The van der Waals surface area contributed by atoms with Gasteiger partial charge in [0, 0.05) is 29.8 Å². The highest BCUT2D eigenvalue weighted by Gasteiger charge is 2.54. The van der Waals surface area contributed by atoms with Crippen LogP contribution in [0.1, 0.15) is 18.0 Å². The molecule has 13 heavy (non-hydrogen) atoms. The fraction of sp³-hybridized carbons (Fsp3) is 0.556. The normalized spacial score (nSPS) is 31.7. The summed E-state index contributed by atoms with van der Waals surface area (Å²) in [6.45, 7) is 0.677. The Labute approximate surface area is 76.8 Å². The van der Waals surface area contributed by atoms with E-state index in [4.69, 9.17) is 10.8 Å². The van der Waals surface area contributed by atoms with Crippen molar-refractivity contribution in [2.45, 2.75) is 12.3 Å². The molecule has 1 aromatic rings. The van der Waals surface area contributed by atoms with Crippen molar-refractivity contribution in [2.24, 2.45) is 11.1 Å². The minimum Gasteiger partial charge on any atom is -0.396 e. The molecule has 0 aromatic carbocycles. The molecule has 4 heteroatoms. The summed E-state index contributed by atoms with van der Waals surface area (Å²) in [6.07, 6.45) is 4.20. The van der Waals surface area contributed by atoms with Crippen molar-refractivity contribution in [3.63, 3.8) is 0 Å². The molecule has 0 aliphatic heterocycles. The van der Waals surface area contributed by atoms with Crippen LogP contribution < -0.4 is 5.73 Å².